The van der Waals surface area contributed by atoms with Crippen LogP contribution in [-0.4, -0.2) is 47.6 Å². The van der Waals surface area contributed by atoms with Crippen molar-refractivity contribution in [2.75, 3.05) is 37.6 Å². The Morgan fingerprint density at radius 2 is 2.18 bits per heavy atom. The molecule has 1 aromatic heterocycles. The molecule has 2 heterocycles. The molecule has 0 bridgehead atoms. The van der Waals surface area contributed by atoms with Crippen molar-refractivity contribution in [3.63, 3.8) is 0 Å². The highest BCUT2D eigenvalue weighted by Gasteiger charge is 2.20. The Morgan fingerprint density at radius 3 is 2.82 bits per heavy atom. The van der Waals surface area contributed by atoms with E-state index in [9.17, 15) is 4.79 Å². The van der Waals surface area contributed by atoms with Gasteiger partial charge in [0.05, 0.1) is 18.9 Å². The van der Waals surface area contributed by atoms with E-state index in [1.54, 1.807) is 0 Å². The van der Waals surface area contributed by atoms with Crippen LogP contribution in [0.1, 0.15) is 0 Å². The average molecular weight is 345 g/mol. The minimum Gasteiger partial charge on any atom is -0.353 e. The minimum atomic E-state index is -0.102. The third-order valence-electron chi connectivity index (χ3n) is 2.74. The summed E-state index contributed by atoms with van der Waals surface area (Å²) in [4.78, 5) is 22.4. The number of hydrogen-bond acceptors (Lipinski definition) is 5. The number of rotatable bonds is 2. The van der Waals surface area contributed by atoms with Crippen LogP contribution in [0, 0.1) is 14.9 Å². The number of anilines is 1. The summed E-state index contributed by atoms with van der Waals surface area (Å²) in [5.74, 6) is 0.742. The van der Waals surface area contributed by atoms with E-state index >= 15 is 0 Å². The van der Waals surface area contributed by atoms with Crippen LogP contribution in [0.2, 0.25) is 0 Å². The number of aromatic amines is 1. The van der Waals surface area contributed by atoms with Gasteiger partial charge in [0.1, 0.15) is 9.39 Å². The largest absolute Gasteiger partial charge is 0.353 e. The molecule has 0 aromatic carbocycles. The molecule has 0 spiro atoms. The fourth-order valence-electron chi connectivity index (χ4n) is 1.81. The molecule has 1 aliphatic heterocycles. The van der Waals surface area contributed by atoms with E-state index in [0.717, 1.165) is 32.0 Å². The van der Waals surface area contributed by atoms with Gasteiger partial charge >= 0.3 is 0 Å². The summed E-state index contributed by atoms with van der Waals surface area (Å²) in [5, 5.41) is 8.62. The fourth-order valence-corrected chi connectivity index (χ4v) is 2.45. The van der Waals surface area contributed by atoms with Gasteiger partial charge in [-0.3, -0.25) is 9.69 Å². The highest BCUT2D eigenvalue weighted by Crippen LogP contribution is 2.16. The predicted octanol–water partition coefficient (Wildman–Crippen LogP) is 0.0201. The maximum atomic E-state index is 11.5. The summed E-state index contributed by atoms with van der Waals surface area (Å²) in [6.45, 7) is 3.73. The van der Waals surface area contributed by atoms with Gasteiger partial charge in [-0.2, -0.15) is 5.26 Å². The van der Waals surface area contributed by atoms with Gasteiger partial charge in [0, 0.05) is 26.2 Å². The number of nitrogens with one attached hydrogen (secondary N) is 1. The quantitative estimate of drug-likeness (QED) is 0.604. The number of piperazine rings is 1. The molecule has 1 aromatic rings. The van der Waals surface area contributed by atoms with Crippen molar-refractivity contribution in [3.05, 3.63) is 20.3 Å². The zero-order valence-corrected chi connectivity index (χ0v) is 11.3. The lowest BCUT2D eigenvalue weighted by Crippen LogP contribution is -2.47. The molecule has 1 aliphatic rings. The Labute approximate surface area is 112 Å². The standard InChI is InChI=1S/C10H12IN5O/c11-8-9(13-7-14-10(8)17)16-5-3-15(2-1-12)4-6-16/h7H,2-6H2,(H,13,14,17). The second-order valence-electron chi connectivity index (χ2n) is 3.79. The molecule has 6 nitrogen and oxygen atoms in total. The molecule has 0 radical (unpaired) electrons. The Balaban J connectivity index is 2.09. The van der Waals surface area contributed by atoms with Crippen LogP contribution in [0.25, 0.3) is 0 Å². The molecule has 0 saturated carbocycles. The van der Waals surface area contributed by atoms with E-state index in [2.05, 4.69) is 25.8 Å². The first-order chi connectivity index (χ1) is 8.22. The molecule has 7 heteroatoms. The van der Waals surface area contributed by atoms with Gasteiger partial charge in [0.15, 0.2) is 0 Å². The van der Waals surface area contributed by atoms with Crippen LogP contribution in [0.4, 0.5) is 5.82 Å². The lowest BCUT2D eigenvalue weighted by molar-refractivity contribution is 0.286. The second-order valence-corrected chi connectivity index (χ2v) is 4.87. The second kappa shape index (κ2) is 5.46. The smallest absolute Gasteiger partial charge is 0.266 e. The zero-order valence-electron chi connectivity index (χ0n) is 9.19. The predicted molar refractivity (Wildman–Crippen MR) is 71.8 cm³/mol. The maximum absolute atomic E-state index is 11.5. The topological polar surface area (TPSA) is 76.0 Å². The first-order valence-corrected chi connectivity index (χ1v) is 6.37. The van der Waals surface area contributed by atoms with Crippen LogP contribution >= 0.6 is 22.6 Å². The van der Waals surface area contributed by atoms with E-state index < -0.39 is 0 Å². The molecule has 1 N–H and O–H groups in total. The molecular weight excluding hydrogens is 333 g/mol. The molecule has 0 unspecified atom stereocenters. The van der Waals surface area contributed by atoms with Crippen molar-refractivity contribution in [3.8, 4) is 6.07 Å². The summed E-state index contributed by atoms with van der Waals surface area (Å²) in [6.07, 6.45) is 1.43. The first kappa shape index (κ1) is 12.3. The first-order valence-electron chi connectivity index (χ1n) is 5.30. The Hall–Kier alpha value is -1.14. The van der Waals surface area contributed by atoms with Crippen LogP contribution in [-0.2, 0) is 0 Å². The van der Waals surface area contributed by atoms with Crippen LogP contribution in [0.3, 0.4) is 0 Å². The van der Waals surface area contributed by atoms with Crippen molar-refractivity contribution >= 4 is 28.4 Å². The Kier molecular flexibility index (Phi) is 3.96. The highest BCUT2D eigenvalue weighted by molar-refractivity contribution is 14.1. The van der Waals surface area contributed by atoms with E-state index in [1.807, 2.05) is 22.6 Å². The van der Waals surface area contributed by atoms with Crippen molar-refractivity contribution < 1.29 is 0 Å². The van der Waals surface area contributed by atoms with Gasteiger partial charge in [0.25, 0.3) is 5.56 Å². The number of nitrogens with zero attached hydrogens (tertiary/aromatic N) is 4. The van der Waals surface area contributed by atoms with E-state index in [1.165, 1.54) is 6.33 Å². The minimum absolute atomic E-state index is 0.102. The number of hydrogen-bond donors (Lipinski definition) is 1. The van der Waals surface area contributed by atoms with Gasteiger partial charge < -0.3 is 9.88 Å². The van der Waals surface area contributed by atoms with Gasteiger partial charge in [-0.05, 0) is 22.6 Å². The lowest BCUT2D eigenvalue weighted by atomic mass is 10.3. The van der Waals surface area contributed by atoms with Crippen molar-refractivity contribution in [1.82, 2.24) is 14.9 Å². The third-order valence-corrected chi connectivity index (χ3v) is 3.72. The molecule has 1 fully saturated rings. The fraction of sp³-hybridized carbons (Fsp3) is 0.500. The van der Waals surface area contributed by atoms with Crippen molar-refractivity contribution in [2.45, 2.75) is 0 Å². The normalized spacial score (nSPS) is 16.8. The number of halogens is 1. The summed E-state index contributed by atoms with van der Waals surface area (Å²) < 4.78 is 0.624. The van der Waals surface area contributed by atoms with Crippen LogP contribution in [0.15, 0.2) is 11.1 Å². The van der Waals surface area contributed by atoms with Gasteiger partial charge in [-0.1, -0.05) is 0 Å². The molecule has 2 rings (SSSR count). The molecule has 0 atom stereocenters. The summed E-state index contributed by atoms with van der Waals surface area (Å²) in [7, 11) is 0. The summed E-state index contributed by atoms with van der Waals surface area (Å²) >= 11 is 2.02. The molecule has 1 saturated heterocycles. The van der Waals surface area contributed by atoms with Gasteiger partial charge in [0.2, 0.25) is 0 Å². The summed E-state index contributed by atoms with van der Waals surface area (Å²) in [5.41, 5.74) is -0.102. The molecule has 0 aliphatic carbocycles. The van der Waals surface area contributed by atoms with Crippen LogP contribution < -0.4 is 10.5 Å². The Bertz CT molecular complexity index is 486. The van der Waals surface area contributed by atoms with Crippen molar-refractivity contribution in [2.24, 2.45) is 0 Å². The monoisotopic (exact) mass is 345 g/mol. The molecule has 90 valence electrons. The molecular formula is C10H12IN5O. The van der Waals surface area contributed by atoms with E-state index in [-0.39, 0.29) is 5.56 Å². The Morgan fingerprint density at radius 1 is 1.47 bits per heavy atom. The number of aromatic nitrogens is 2. The van der Waals surface area contributed by atoms with Gasteiger partial charge in [-0.15, -0.1) is 0 Å². The van der Waals surface area contributed by atoms with Crippen molar-refractivity contribution in [1.29, 1.82) is 5.26 Å². The summed E-state index contributed by atoms with van der Waals surface area (Å²) in [6, 6.07) is 2.15. The number of nitriles is 1. The third kappa shape index (κ3) is 2.76. The van der Waals surface area contributed by atoms with E-state index in [4.69, 9.17) is 5.26 Å². The average Bonchev–Trinajstić information content (AvgIpc) is 2.34. The van der Waals surface area contributed by atoms with E-state index in [0.29, 0.717) is 10.1 Å². The molecule has 0 amide bonds. The zero-order chi connectivity index (χ0) is 12.3. The SMILES string of the molecule is N#CCN1CCN(c2nc[nH]c(=O)c2I)CC1. The van der Waals surface area contributed by atoms with Gasteiger partial charge in [-0.25, -0.2) is 4.98 Å². The van der Waals surface area contributed by atoms with Crippen LogP contribution in [0.5, 0.6) is 0 Å². The number of H-pyrrole nitrogens is 1. The molecule has 17 heavy (non-hydrogen) atoms. The highest BCUT2D eigenvalue weighted by atomic mass is 127. The lowest BCUT2D eigenvalue weighted by Gasteiger charge is -2.34. The maximum Gasteiger partial charge on any atom is 0.266 e.